The molecule has 2 aliphatic rings. The van der Waals surface area contributed by atoms with Crippen molar-refractivity contribution in [1.82, 2.24) is 4.90 Å². The summed E-state index contributed by atoms with van der Waals surface area (Å²) in [6.07, 6.45) is 2.28. The van der Waals surface area contributed by atoms with E-state index in [-0.39, 0.29) is 30.7 Å². The molecule has 0 unspecified atom stereocenters. The molecular formula is C22H29Cl3N4O. The molecular weight excluding hydrogens is 443 g/mol. The molecule has 1 saturated heterocycles. The summed E-state index contributed by atoms with van der Waals surface area (Å²) < 4.78 is 0. The third-order valence-electron chi connectivity index (χ3n) is 5.77. The lowest BCUT2D eigenvalue weighted by atomic mass is 9.99. The number of carbonyl (C=O) groups is 1. The Morgan fingerprint density at radius 3 is 2.40 bits per heavy atom. The fraction of sp³-hybridized carbons (Fsp3) is 0.409. The lowest BCUT2D eigenvalue weighted by Gasteiger charge is -2.37. The van der Waals surface area contributed by atoms with Crippen molar-refractivity contribution in [1.29, 1.82) is 0 Å². The summed E-state index contributed by atoms with van der Waals surface area (Å²) in [4.78, 5) is 19.2. The summed E-state index contributed by atoms with van der Waals surface area (Å²) in [5.41, 5.74) is 10.2. The summed E-state index contributed by atoms with van der Waals surface area (Å²) in [6.45, 7) is 5.83. The Balaban J connectivity index is 0.00000160. The molecule has 2 aliphatic heterocycles. The zero-order valence-electron chi connectivity index (χ0n) is 16.9. The Bertz CT molecular complexity index is 856. The van der Waals surface area contributed by atoms with E-state index in [0.717, 1.165) is 74.1 Å². The average molecular weight is 472 g/mol. The number of nitrogens with two attached hydrogens (primary N) is 1. The molecule has 2 heterocycles. The third-order valence-corrected chi connectivity index (χ3v) is 6.01. The molecule has 164 valence electrons. The maximum Gasteiger partial charge on any atom is 0.227 e. The standard InChI is InChI=1S/C22H27ClN4O.2ClH/c23-17-4-1-5-18(16-17)26-14-12-25(13-15-26)10-3-11-27-21-7-2-6-20(24)19(21)8-9-22(27)28;;/h1-2,4-7,16H,3,8-15,24H2;2*1H. The smallest absolute Gasteiger partial charge is 0.227 e. The fourth-order valence-electron chi connectivity index (χ4n) is 4.22. The number of hydrogen-bond acceptors (Lipinski definition) is 4. The highest BCUT2D eigenvalue weighted by Gasteiger charge is 2.25. The van der Waals surface area contributed by atoms with E-state index in [4.69, 9.17) is 17.3 Å². The minimum Gasteiger partial charge on any atom is -0.398 e. The van der Waals surface area contributed by atoms with Crippen molar-refractivity contribution in [3.05, 3.63) is 53.1 Å². The zero-order valence-corrected chi connectivity index (χ0v) is 19.3. The number of benzene rings is 2. The first-order valence-corrected chi connectivity index (χ1v) is 10.4. The van der Waals surface area contributed by atoms with Gasteiger partial charge in [-0.25, -0.2) is 0 Å². The Labute approximate surface area is 196 Å². The van der Waals surface area contributed by atoms with E-state index in [0.29, 0.717) is 6.42 Å². The molecule has 1 fully saturated rings. The number of carbonyl (C=O) groups excluding carboxylic acids is 1. The second-order valence-corrected chi connectivity index (χ2v) is 7.99. The van der Waals surface area contributed by atoms with Crippen molar-refractivity contribution in [3.63, 3.8) is 0 Å². The molecule has 0 aliphatic carbocycles. The van der Waals surface area contributed by atoms with Gasteiger partial charge in [0.1, 0.15) is 0 Å². The highest BCUT2D eigenvalue weighted by molar-refractivity contribution is 6.30. The second kappa shape index (κ2) is 11.1. The van der Waals surface area contributed by atoms with Gasteiger partial charge in [-0.05, 0) is 55.3 Å². The van der Waals surface area contributed by atoms with E-state index in [1.807, 2.05) is 41.3 Å². The maximum absolute atomic E-state index is 12.4. The molecule has 2 aromatic rings. The SMILES string of the molecule is Cl.Cl.Nc1cccc2c1CCC(=O)N2CCCN1CCN(c2cccc(Cl)c2)CC1. The van der Waals surface area contributed by atoms with E-state index >= 15 is 0 Å². The van der Waals surface area contributed by atoms with Crippen LogP contribution in [-0.4, -0.2) is 50.1 Å². The molecule has 8 heteroatoms. The summed E-state index contributed by atoms with van der Waals surface area (Å²) in [7, 11) is 0. The Hall–Kier alpha value is -1.66. The van der Waals surface area contributed by atoms with Gasteiger partial charge in [0.05, 0.1) is 0 Å². The predicted molar refractivity (Wildman–Crippen MR) is 131 cm³/mol. The molecule has 2 aromatic carbocycles. The first-order valence-electron chi connectivity index (χ1n) is 10.0. The topological polar surface area (TPSA) is 52.8 Å². The highest BCUT2D eigenvalue weighted by Crippen LogP contribution is 2.32. The molecule has 0 bridgehead atoms. The second-order valence-electron chi connectivity index (χ2n) is 7.55. The zero-order chi connectivity index (χ0) is 19.5. The number of hydrogen-bond donors (Lipinski definition) is 1. The first kappa shape index (κ1) is 24.6. The van der Waals surface area contributed by atoms with Crippen LogP contribution in [0, 0.1) is 0 Å². The summed E-state index contributed by atoms with van der Waals surface area (Å²) in [5, 5.41) is 0.784. The number of rotatable bonds is 5. The van der Waals surface area contributed by atoms with E-state index in [9.17, 15) is 4.79 Å². The van der Waals surface area contributed by atoms with Crippen molar-refractivity contribution < 1.29 is 4.79 Å². The van der Waals surface area contributed by atoms with Gasteiger partial charge in [0, 0.05) is 61.2 Å². The minimum absolute atomic E-state index is 0. The van der Waals surface area contributed by atoms with Crippen molar-refractivity contribution in [2.75, 3.05) is 54.8 Å². The molecule has 0 aromatic heterocycles. The molecule has 30 heavy (non-hydrogen) atoms. The van der Waals surface area contributed by atoms with Crippen LogP contribution >= 0.6 is 36.4 Å². The van der Waals surface area contributed by atoms with Crippen LogP contribution in [0.1, 0.15) is 18.4 Å². The minimum atomic E-state index is 0. The van der Waals surface area contributed by atoms with Crippen molar-refractivity contribution >= 4 is 59.4 Å². The van der Waals surface area contributed by atoms with Gasteiger partial charge in [-0.2, -0.15) is 0 Å². The Morgan fingerprint density at radius 2 is 1.67 bits per heavy atom. The van der Waals surface area contributed by atoms with Crippen LogP contribution in [0.4, 0.5) is 17.1 Å². The summed E-state index contributed by atoms with van der Waals surface area (Å²) in [5.74, 6) is 0.212. The van der Waals surface area contributed by atoms with Gasteiger partial charge < -0.3 is 15.5 Å². The van der Waals surface area contributed by atoms with Crippen molar-refractivity contribution in [2.24, 2.45) is 0 Å². The van der Waals surface area contributed by atoms with Gasteiger partial charge in [0.15, 0.2) is 0 Å². The molecule has 0 radical (unpaired) electrons. The Kier molecular flexibility index (Phi) is 9.10. The van der Waals surface area contributed by atoms with E-state index in [1.54, 1.807) is 0 Å². The number of nitrogen functional groups attached to an aromatic ring is 1. The molecule has 5 nitrogen and oxygen atoms in total. The van der Waals surface area contributed by atoms with E-state index < -0.39 is 0 Å². The average Bonchev–Trinajstić information content (AvgIpc) is 2.70. The van der Waals surface area contributed by atoms with Crippen LogP contribution in [-0.2, 0) is 11.2 Å². The highest BCUT2D eigenvalue weighted by atomic mass is 35.5. The molecule has 0 saturated carbocycles. The lowest BCUT2D eigenvalue weighted by Crippen LogP contribution is -2.47. The molecule has 0 atom stereocenters. The lowest BCUT2D eigenvalue weighted by molar-refractivity contribution is -0.118. The van der Waals surface area contributed by atoms with Crippen LogP contribution in [0.15, 0.2) is 42.5 Å². The van der Waals surface area contributed by atoms with Crippen LogP contribution < -0.4 is 15.5 Å². The van der Waals surface area contributed by atoms with Crippen LogP contribution in [0.2, 0.25) is 5.02 Å². The molecule has 4 rings (SSSR count). The quantitative estimate of drug-likeness (QED) is 0.662. The fourth-order valence-corrected chi connectivity index (χ4v) is 4.40. The molecule has 2 N–H and O–H groups in total. The third kappa shape index (κ3) is 5.52. The number of halogens is 3. The molecule has 1 amide bonds. The number of amides is 1. The molecule has 0 spiro atoms. The first-order chi connectivity index (χ1) is 13.6. The summed E-state index contributed by atoms with van der Waals surface area (Å²) in [6, 6.07) is 13.9. The maximum atomic E-state index is 12.4. The number of piperazine rings is 1. The largest absolute Gasteiger partial charge is 0.398 e. The van der Waals surface area contributed by atoms with E-state index in [2.05, 4.69) is 15.9 Å². The van der Waals surface area contributed by atoms with Gasteiger partial charge in [0.25, 0.3) is 0 Å². The van der Waals surface area contributed by atoms with Crippen LogP contribution in [0.25, 0.3) is 0 Å². The predicted octanol–water partition coefficient (Wildman–Crippen LogP) is 4.26. The number of fused-ring (bicyclic) bond motifs is 1. The monoisotopic (exact) mass is 470 g/mol. The van der Waals surface area contributed by atoms with Gasteiger partial charge >= 0.3 is 0 Å². The normalized spacial score (nSPS) is 16.5. The van der Waals surface area contributed by atoms with Crippen molar-refractivity contribution in [3.8, 4) is 0 Å². The number of anilines is 3. The van der Waals surface area contributed by atoms with Gasteiger partial charge in [-0.15, -0.1) is 24.8 Å². The van der Waals surface area contributed by atoms with Crippen molar-refractivity contribution in [2.45, 2.75) is 19.3 Å². The van der Waals surface area contributed by atoms with Gasteiger partial charge in [0.2, 0.25) is 5.91 Å². The van der Waals surface area contributed by atoms with Gasteiger partial charge in [-0.3, -0.25) is 9.69 Å². The van der Waals surface area contributed by atoms with Gasteiger partial charge in [-0.1, -0.05) is 23.7 Å². The van der Waals surface area contributed by atoms with Crippen LogP contribution in [0.5, 0.6) is 0 Å². The van der Waals surface area contributed by atoms with E-state index in [1.165, 1.54) is 5.69 Å². The van der Waals surface area contributed by atoms with Crippen LogP contribution in [0.3, 0.4) is 0 Å². The summed E-state index contributed by atoms with van der Waals surface area (Å²) >= 11 is 6.12. The Morgan fingerprint density at radius 1 is 0.933 bits per heavy atom. The number of nitrogens with zero attached hydrogens (tertiary/aromatic N) is 3.